The van der Waals surface area contributed by atoms with E-state index in [1.807, 2.05) is 36.1 Å². The Balaban J connectivity index is 1.61. The number of carbonyl (C=O) groups excluding carboxylic acids is 1. The molecule has 3 rings (SSSR count). The molecule has 2 heterocycles. The number of ether oxygens (including phenoxy) is 1. The number of aromatic nitrogens is 3. The van der Waals surface area contributed by atoms with Gasteiger partial charge in [-0.1, -0.05) is 23.9 Å². The number of rotatable bonds is 5. The average Bonchev–Trinajstić information content (AvgIpc) is 3.00. The van der Waals surface area contributed by atoms with E-state index in [0.717, 1.165) is 28.8 Å². The van der Waals surface area contributed by atoms with Crippen LogP contribution >= 0.6 is 11.8 Å². The third-order valence-corrected chi connectivity index (χ3v) is 5.12. The van der Waals surface area contributed by atoms with Crippen LogP contribution < -0.4 is 0 Å². The minimum absolute atomic E-state index is 0.0823. The molecular weight excluding hydrogens is 324 g/mol. The van der Waals surface area contributed by atoms with Gasteiger partial charge >= 0.3 is 0 Å². The second kappa shape index (κ2) is 7.81. The summed E-state index contributed by atoms with van der Waals surface area (Å²) in [5, 5.41) is 9.27. The molecule has 0 aliphatic carbocycles. The summed E-state index contributed by atoms with van der Waals surface area (Å²) in [6.45, 7) is 7.51. The van der Waals surface area contributed by atoms with Crippen molar-refractivity contribution in [3.05, 3.63) is 41.2 Å². The smallest absolute Gasteiger partial charge is 0.254 e. The number of benzene rings is 1. The lowest BCUT2D eigenvalue weighted by atomic mass is 10.1. The predicted octanol–water partition coefficient (Wildman–Crippen LogP) is 2.37. The van der Waals surface area contributed by atoms with Gasteiger partial charge in [-0.2, -0.15) is 0 Å². The molecule has 0 atom stereocenters. The highest BCUT2D eigenvalue weighted by Crippen LogP contribution is 2.22. The highest BCUT2D eigenvalue weighted by atomic mass is 32.2. The maximum Gasteiger partial charge on any atom is 0.254 e. The summed E-state index contributed by atoms with van der Waals surface area (Å²) in [6, 6.07) is 7.84. The first kappa shape index (κ1) is 17.0. The second-order valence-electron chi connectivity index (χ2n) is 5.66. The fourth-order valence-corrected chi connectivity index (χ4v) is 3.68. The zero-order valence-electron chi connectivity index (χ0n) is 14.1. The van der Waals surface area contributed by atoms with Crippen LogP contribution in [0.3, 0.4) is 0 Å². The molecule has 128 valence electrons. The normalized spacial score (nSPS) is 14.8. The molecule has 0 spiro atoms. The van der Waals surface area contributed by atoms with Gasteiger partial charge in [-0.3, -0.25) is 4.79 Å². The molecule has 0 radical (unpaired) electrons. The predicted molar refractivity (Wildman–Crippen MR) is 93.2 cm³/mol. The van der Waals surface area contributed by atoms with E-state index in [4.69, 9.17) is 4.74 Å². The number of morpholine rings is 1. The van der Waals surface area contributed by atoms with E-state index in [2.05, 4.69) is 21.7 Å². The molecule has 1 aromatic heterocycles. The summed E-state index contributed by atoms with van der Waals surface area (Å²) in [4.78, 5) is 14.3. The fraction of sp³-hybridized carbons (Fsp3) is 0.471. The molecule has 0 bridgehead atoms. The van der Waals surface area contributed by atoms with Crippen LogP contribution in [0.15, 0.2) is 29.4 Å². The Bertz CT molecular complexity index is 693. The van der Waals surface area contributed by atoms with Crippen molar-refractivity contribution in [2.45, 2.75) is 31.3 Å². The molecular formula is C17H22N4O2S. The minimum atomic E-state index is 0.0823. The monoisotopic (exact) mass is 346 g/mol. The van der Waals surface area contributed by atoms with Crippen LogP contribution in [-0.2, 0) is 17.0 Å². The maximum atomic E-state index is 12.4. The highest BCUT2D eigenvalue weighted by Gasteiger charge is 2.18. The third-order valence-electron chi connectivity index (χ3n) is 4.09. The molecule has 6 nitrogen and oxygen atoms in total. The largest absolute Gasteiger partial charge is 0.378 e. The SMILES string of the molecule is CCn1c(C)nnc1SCc1ccc(C(=O)N2CCOCC2)cc1. The molecule has 1 amide bonds. The van der Waals surface area contributed by atoms with E-state index in [9.17, 15) is 4.79 Å². The van der Waals surface area contributed by atoms with Gasteiger partial charge in [0.25, 0.3) is 5.91 Å². The van der Waals surface area contributed by atoms with Crippen molar-refractivity contribution in [2.24, 2.45) is 0 Å². The number of thioether (sulfide) groups is 1. The summed E-state index contributed by atoms with van der Waals surface area (Å²) in [7, 11) is 0. The standard InChI is InChI=1S/C17H22N4O2S/c1-3-21-13(2)18-19-17(21)24-12-14-4-6-15(7-5-14)16(22)20-8-10-23-11-9-20/h4-7H,3,8-12H2,1-2H3. The van der Waals surface area contributed by atoms with Gasteiger partial charge in [-0.05, 0) is 31.5 Å². The molecule has 1 fully saturated rings. The van der Waals surface area contributed by atoms with Crippen LogP contribution in [-0.4, -0.2) is 51.9 Å². The topological polar surface area (TPSA) is 60.2 Å². The van der Waals surface area contributed by atoms with E-state index in [1.165, 1.54) is 5.56 Å². The summed E-state index contributed by atoms with van der Waals surface area (Å²) in [6.07, 6.45) is 0. The van der Waals surface area contributed by atoms with Crippen LogP contribution in [0.5, 0.6) is 0 Å². The Labute approximate surface area is 146 Å². The maximum absolute atomic E-state index is 12.4. The van der Waals surface area contributed by atoms with Crippen molar-refractivity contribution in [3.63, 3.8) is 0 Å². The summed E-state index contributed by atoms with van der Waals surface area (Å²) < 4.78 is 7.39. The number of nitrogens with zero attached hydrogens (tertiary/aromatic N) is 4. The first-order valence-corrected chi connectivity index (χ1v) is 9.16. The van der Waals surface area contributed by atoms with E-state index in [0.29, 0.717) is 26.3 Å². The highest BCUT2D eigenvalue weighted by molar-refractivity contribution is 7.98. The second-order valence-corrected chi connectivity index (χ2v) is 6.61. The van der Waals surface area contributed by atoms with E-state index >= 15 is 0 Å². The number of hydrogen-bond acceptors (Lipinski definition) is 5. The lowest BCUT2D eigenvalue weighted by Crippen LogP contribution is -2.40. The van der Waals surface area contributed by atoms with Gasteiger partial charge in [0.1, 0.15) is 5.82 Å². The van der Waals surface area contributed by atoms with Crippen LogP contribution in [0.2, 0.25) is 0 Å². The Morgan fingerprint density at radius 3 is 2.58 bits per heavy atom. The Kier molecular flexibility index (Phi) is 5.52. The van der Waals surface area contributed by atoms with E-state index in [1.54, 1.807) is 11.8 Å². The van der Waals surface area contributed by atoms with Crippen molar-refractivity contribution in [1.29, 1.82) is 0 Å². The van der Waals surface area contributed by atoms with Crippen molar-refractivity contribution in [1.82, 2.24) is 19.7 Å². The Morgan fingerprint density at radius 1 is 1.21 bits per heavy atom. The van der Waals surface area contributed by atoms with Crippen molar-refractivity contribution < 1.29 is 9.53 Å². The van der Waals surface area contributed by atoms with E-state index < -0.39 is 0 Å². The van der Waals surface area contributed by atoms with Crippen molar-refractivity contribution >= 4 is 17.7 Å². The molecule has 1 aliphatic rings. The first-order chi connectivity index (χ1) is 11.7. The molecule has 0 saturated carbocycles. The Hall–Kier alpha value is -1.86. The molecule has 0 N–H and O–H groups in total. The number of carbonyl (C=O) groups is 1. The molecule has 7 heteroatoms. The van der Waals surface area contributed by atoms with Crippen molar-refractivity contribution in [3.8, 4) is 0 Å². The molecule has 1 aromatic carbocycles. The van der Waals surface area contributed by atoms with Crippen LogP contribution in [0.25, 0.3) is 0 Å². The molecule has 0 unspecified atom stereocenters. The fourth-order valence-electron chi connectivity index (χ4n) is 2.67. The van der Waals surface area contributed by atoms with Gasteiger partial charge in [0.05, 0.1) is 13.2 Å². The van der Waals surface area contributed by atoms with Gasteiger partial charge < -0.3 is 14.2 Å². The van der Waals surface area contributed by atoms with Crippen LogP contribution in [0, 0.1) is 6.92 Å². The Morgan fingerprint density at radius 2 is 1.92 bits per heavy atom. The van der Waals surface area contributed by atoms with Crippen LogP contribution in [0.1, 0.15) is 28.7 Å². The number of amides is 1. The van der Waals surface area contributed by atoms with Crippen molar-refractivity contribution in [2.75, 3.05) is 26.3 Å². The first-order valence-electron chi connectivity index (χ1n) is 8.17. The van der Waals surface area contributed by atoms with Gasteiger partial charge in [0.2, 0.25) is 0 Å². The lowest BCUT2D eigenvalue weighted by molar-refractivity contribution is 0.0303. The summed E-state index contributed by atoms with van der Waals surface area (Å²) in [5.74, 6) is 1.83. The van der Waals surface area contributed by atoms with E-state index in [-0.39, 0.29) is 5.91 Å². The lowest BCUT2D eigenvalue weighted by Gasteiger charge is -2.26. The molecule has 1 saturated heterocycles. The number of aryl methyl sites for hydroxylation is 1. The van der Waals surface area contributed by atoms with Gasteiger partial charge in [0, 0.05) is 31.0 Å². The zero-order valence-corrected chi connectivity index (χ0v) is 14.9. The van der Waals surface area contributed by atoms with Gasteiger partial charge in [-0.25, -0.2) is 0 Å². The molecule has 1 aliphatic heterocycles. The minimum Gasteiger partial charge on any atom is -0.378 e. The third kappa shape index (κ3) is 3.79. The summed E-state index contributed by atoms with van der Waals surface area (Å²) in [5.41, 5.74) is 1.90. The average molecular weight is 346 g/mol. The summed E-state index contributed by atoms with van der Waals surface area (Å²) >= 11 is 1.67. The molecule has 2 aromatic rings. The van der Waals surface area contributed by atoms with Crippen LogP contribution in [0.4, 0.5) is 0 Å². The van der Waals surface area contributed by atoms with Gasteiger partial charge in [0.15, 0.2) is 5.16 Å². The zero-order chi connectivity index (χ0) is 16.9. The molecule has 24 heavy (non-hydrogen) atoms. The van der Waals surface area contributed by atoms with Gasteiger partial charge in [-0.15, -0.1) is 10.2 Å². The number of hydrogen-bond donors (Lipinski definition) is 0. The quantitative estimate of drug-likeness (QED) is 0.778.